The molecule has 0 radical (unpaired) electrons. The molecule has 0 bridgehead atoms. The molecule has 0 saturated carbocycles. The first-order valence-corrected chi connectivity index (χ1v) is 5.64. The molecule has 0 aromatic heterocycles. The highest BCUT2D eigenvalue weighted by molar-refractivity contribution is 5.89. The van der Waals surface area contributed by atoms with Gasteiger partial charge < -0.3 is 9.84 Å². The molecule has 0 spiro atoms. The fraction of sp³-hybridized carbons (Fsp3) is 0.750. The molecule has 1 rings (SSSR count). The van der Waals surface area contributed by atoms with Crippen molar-refractivity contribution in [1.82, 2.24) is 0 Å². The second kappa shape index (κ2) is 5.19. The lowest BCUT2D eigenvalue weighted by Gasteiger charge is -2.24. The Hall–Kier alpha value is -0.990. The number of aliphatic hydroxyl groups excluding tert-OH is 1. The molecule has 3 nitrogen and oxygen atoms in total. The Morgan fingerprint density at radius 2 is 2.27 bits per heavy atom. The molecule has 1 N–H and O–H groups in total. The van der Waals surface area contributed by atoms with Gasteiger partial charge in [-0.25, -0.2) is 4.79 Å². The average Bonchev–Trinajstić information content (AvgIpc) is 2.22. The van der Waals surface area contributed by atoms with Gasteiger partial charge in [-0.1, -0.05) is 20.3 Å². The Bertz CT molecular complexity index is 268. The lowest BCUT2D eigenvalue weighted by Crippen LogP contribution is -2.26. The Morgan fingerprint density at radius 1 is 1.60 bits per heavy atom. The summed E-state index contributed by atoms with van der Waals surface area (Å²) in [4.78, 5) is 11.3. The summed E-state index contributed by atoms with van der Waals surface area (Å²) in [6, 6.07) is 0. The van der Waals surface area contributed by atoms with Crippen LogP contribution in [0.2, 0.25) is 0 Å². The third kappa shape index (κ3) is 3.26. The molecule has 0 aliphatic carbocycles. The highest BCUT2D eigenvalue weighted by atomic mass is 16.5. The molecule has 1 aliphatic heterocycles. The van der Waals surface area contributed by atoms with E-state index in [4.69, 9.17) is 4.74 Å². The van der Waals surface area contributed by atoms with E-state index >= 15 is 0 Å². The Balaban J connectivity index is 2.44. The maximum Gasteiger partial charge on any atom is 0.337 e. The Morgan fingerprint density at radius 3 is 2.80 bits per heavy atom. The van der Waals surface area contributed by atoms with Crippen molar-refractivity contribution in [3.8, 4) is 0 Å². The fourth-order valence-corrected chi connectivity index (χ4v) is 1.60. The number of hydrogen-bond donors (Lipinski definition) is 1. The summed E-state index contributed by atoms with van der Waals surface area (Å²) in [5.41, 5.74) is 0.356. The molecule has 0 saturated heterocycles. The van der Waals surface area contributed by atoms with E-state index in [1.165, 1.54) is 0 Å². The second-order valence-electron chi connectivity index (χ2n) is 4.39. The standard InChI is InChI=1S/C12H20O3/c1-4-8(2)5-6-10-7-11(13)9(3)12(14)15-10/h8,10,13H,4-7H2,1-3H3/t8-,10+/m0/s1. The zero-order chi connectivity index (χ0) is 11.4. The molecule has 0 aromatic rings. The zero-order valence-corrected chi connectivity index (χ0v) is 9.75. The van der Waals surface area contributed by atoms with Crippen molar-refractivity contribution in [2.24, 2.45) is 5.92 Å². The third-order valence-electron chi connectivity index (χ3n) is 3.11. The fourth-order valence-electron chi connectivity index (χ4n) is 1.60. The van der Waals surface area contributed by atoms with Gasteiger partial charge in [0.15, 0.2) is 0 Å². The summed E-state index contributed by atoms with van der Waals surface area (Å²) < 4.78 is 5.21. The van der Waals surface area contributed by atoms with Crippen LogP contribution >= 0.6 is 0 Å². The van der Waals surface area contributed by atoms with Gasteiger partial charge in [-0.2, -0.15) is 0 Å². The van der Waals surface area contributed by atoms with Gasteiger partial charge in [0.05, 0.1) is 5.57 Å². The number of carbonyl (C=O) groups is 1. The monoisotopic (exact) mass is 212 g/mol. The first kappa shape index (κ1) is 12.1. The van der Waals surface area contributed by atoms with Gasteiger partial charge in [0.2, 0.25) is 0 Å². The molecule has 1 aliphatic rings. The Kier molecular flexibility index (Phi) is 4.18. The molecule has 1 heterocycles. The van der Waals surface area contributed by atoms with Gasteiger partial charge in [-0.05, 0) is 25.7 Å². The number of rotatable bonds is 4. The summed E-state index contributed by atoms with van der Waals surface area (Å²) >= 11 is 0. The SMILES string of the molecule is CC[C@H](C)CC[C@@H]1CC(O)=C(C)C(=O)O1. The van der Waals surface area contributed by atoms with Crippen molar-refractivity contribution in [3.05, 3.63) is 11.3 Å². The quantitative estimate of drug-likeness (QED) is 0.729. The molecule has 2 atom stereocenters. The van der Waals surface area contributed by atoms with Gasteiger partial charge >= 0.3 is 5.97 Å². The summed E-state index contributed by atoms with van der Waals surface area (Å²) in [7, 11) is 0. The summed E-state index contributed by atoms with van der Waals surface area (Å²) in [5.74, 6) is 0.478. The van der Waals surface area contributed by atoms with Crippen LogP contribution in [0.4, 0.5) is 0 Å². The van der Waals surface area contributed by atoms with Crippen LogP contribution in [0.25, 0.3) is 0 Å². The van der Waals surface area contributed by atoms with Crippen LogP contribution in [0.3, 0.4) is 0 Å². The minimum Gasteiger partial charge on any atom is -0.512 e. The maximum atomic E-state index is 11.3. The van der Waals surface area contributed by atoms with Crippen LogP contribution in [0.15, 0.2) is 11.3 Å². The van der Waals surface area contributed by atoms with E-state index in [-0.39, 0.29) is 17.8 Å². The van der Waals surface area contributed by atoms with Crippen molar-refractivity contribution in [2.45, 2.75) is 52.6 Å². The van der Waals surface area contributed by atoms with E-state index in [0.29, 0.717) is 17.9 Å². The molecule has 0 fully saturated rings. The molecule has 3 heteroatoms. The summed E-state index contributed by atoms with van der Waals surface area (Å²) in [5, 5.41) is 9.52. The first-order chi connectivity index (χ1) is 7.04. The molecule has 0 amide bonds. The third-order valence-corrected chi connectivity index (χ3v) is 3.11. The van der Waals surface area contributed by atoms with E-state index in [0.717, 1.165) is 19.3 Å². The van der Waals surface area contributed by atoms with E-state index in [9.17, 15) is 9.90 Å². The van der Waals surface area contributed by atoms with Gasteiger partial charge in [0.25, 0.3) is 0 Å². The van der Waals surface area contributed by atoms with E-state index in [1.807, 2.05) is 0 Å². The van der Waals surface area contributed by atoms with E-state index < -0.39 is 0 Å². The van der Waals surface area contributed by atoms with Gasteiger partial charge in [-0.3, -0.25) is 0 Å². The van der Waals surface area contributed by atoms with Crippen molar-refractivity contribution in [2.75, 3.05) is 0 Å². The lowest BCUT2D eigenvalue weighted by atomic mass is 9.97. The summed E-state index contributed by atoms with van der Waals surface area (Å²) in [6.07, 6.45) is 3.38. The number of cyclic esters (lactones) is 1. The second-order valence-corrected chi connectivity index (χ2v) is 4.39. The smallest absolute Gasteiger partial charge is 0.337 e. The van der Waals surface area contributed by atoms with Gasteiger partial charge in [0, 0.05) is 6.42 Å². The largest absolute Gasteiger partial charge is 0.512 e. The lowest BCUT2D eigenvalue weighted by molar-refractivity contribution is -0.147. The predicted molar refractivity (Wildman–Crippen MR) is 58.5 cm³/mol. The number of ether oxygens (including phenoxy) is 1. The highest BCUT2D eigenvalue weighted by Crippen LogP contribution is 2.24. The van der Waals surface area contributed by atoms with Crippen LogP contribution in [0.1, 0.15) is 46.5 Å². The molecular formula is C12H20O3. The minimum atomic E-state index is -0.368. The van der Waals surface area contributed by atoms with Crippen LogP contribution in [-0.2, 0) is 9.53 Å². The van der Waals surface area contributed by atoms with Crippen LogP contribution in [-0.4, -0.2) is 17.2 Å². The topological polar surface area (TPSA) is 46.5 Å². The predicted octanol–water partition coefficient (Wildman–Crippen LogP) is 2.96. The zero-order valence-electron chi connectivity index (χ0n) is 9.75. The number of carbonyl (C=O) groups excluding carboxylic acids is 1. The molecular weight excluding hydrogens is 192 g/mol. The van der Waals surface area contributed by atoms with Gasteiger partial charge in [0.1, 0.15) is 11.9 Å². The van der Waals surface area contributed by atoms with E-state index in [2.05, 4.69) is 13.8 Å². The number of hydrogen-bond acceptors (Lipinski definition) is 3. The maximum absolute atomic E-state index is 11.3. The molecule has 0 aromatic carbocycles. The van der Waals surface area contributed by atoms with Crippen molar-refractivity contribution in [1.29, 1.82) is 0 Å². The van der Waals surface area contributed by atoms with E-state index in [1.54, 1.807) is 6.92 Å². The Labute approximate surface area is 91.1 Å². The van der Waals surface area contributed by atoms with Crippen LogP contribution in [0.5, 0.6) is 0 Å². The van der Waals surface area contributed by atoms with Crippen LogP contribution < -0.4 is 0 Å². The normalized spacial score (nSPS) is 23.9. The summed E-state index contributed by atoms with van der Waals surface area (Å²) in [6.45, 7) is 5.94. The number of esters is 1. The average molecular weight is 212 g/mol. The first-order valence-electron chi connectivity index (χ1n) is 5.64. The van der Waals surface area contributed by atoms with Crippen LogP contribution in [0, 0.1) is 5.92 Å². The minimum absolute atomic E-state index is 0.129. The molecule has 0 unspecified atom stereocenters. The number of aliphatic hydroxyl groups is 1. The van der Waals surface area contributed by atoms with Crippen molar-refractivity contribution < 1.29 is 14.6 Å². The molecule has 86 valence electrons. The van der Waals surface area contributed by atoms with Gasteiger partial charge in [-0.15, -0.1) is 0 Å². The van der Waals surface area contributed by atoms with Crippen molar-refractivity contribution >= 4 is 5.97 Å². The highest BCUT2D eigenvalue weighted by Gasteiger charge is 2.26. The van der Waals surface area contributed by atoms with Crippen molar-refractivity contribution in [3.63, 3.8) is 0 Å². The molecule has 15 heavy (non-hydrogen) atoms.